The summed E-state index contributed by atoms with van der Waals surface area (Å²) in [5.74, 6) is 1.65. The summed E-state index contributed by atoms with van der Waals surface area (Å²) >= 11 is 0. The molecule has 102 valence electrons. The fourth-order valence-electron chi connectivity index (χ4n) is 1.58. The molecule has 0 spiro atoms. The Kier molecular flexibility index (Phi) is 4.89. The van der Waals surface area contributed by atoms with Crippen molar-refractivity contribution in [2.24, 2.45) is 10.2 Å². The lowest BCUT2D eigenvalue weighted by atomic mass is 10.2. The van der Waals surface area contributed by atoms with Gasteiger partial charge in [-0.05, 0) is 59.7 Å². The van der Waals surface area contributed by atoms with E-state index in [4.69, 9.17) is 9.47 Å². The Balaban J connectivity index is 1.95. The molecular formula is C16H16N2O2. The van der Waals surface area contributed by atoms with Gasteiger partial charge in [0.25, 0.3) is 0 Å². The largest absolute Gasteiger partial charge is 0.497 e. The number of ether oxygens (including phenoxy) is 2. The zero-order valence-corrected chi connectivity index (χ0v) is 11.5. The molecule has 0 atom stereocenters. The predicted octanol–water partition coefficient (Wildman–Crippen LogP) is 3.16. The fourth-order valence-corrected chi connectivity index (χ4v) is 1.58. The summed E-state index contributed by atoms with van der Waals surface area (Å²) in [7, 11) is 3.28. The molecule has 20 heavy (non-hydrogen) atoms. The van der Waals surface area contributed by atoms with Crippen LogP contribution in [-0.2, 0) is 0 Å². The van der Waals surface area contributed by atoms with Gasteiger partial charge in [0, 0.05) is 0 Å². The van der Waals surface area contributed by atoms with Crippen LogP contribution in [0.4, 0.5) is 0 Å². The average Bonchev–Trinajstić information content (AvgIpc) is 2.53. The Morgan fingerprint density at radius 3 is 1.30 bits per heavy atom. The first-order chi connectivity index (χ1) is 9.81. The Morgan fingerprint density at radius 1 is 0.650 bits per heavy atom. The van der Waals surface area contributed by atoms with Crippen molar-refractivity contribution in [3.05, 3.63) is 59.7 Å². The highest BCUT2D eigenvalue weighted by Crippen LogP contribution is 2.10. The summed E-state index contributed by atoms with van der Waals surface area (Å²) in [5, 5.41) is 8.01. The summed E-state index contributed by atoms with van der Waals surface area (Å²) in [6.45, 7) is 0. The Bertz CT molecular complexity index is 531. The van der Waals surface area contributed by atoms with E-state index in [1.54, 1.807) is 26.6 Å². The SMILES string of the molecule is COc1ccc(C=NN=Cc2ccc(OC)cc2)cc1. The maximum absolute atomic E-state index is 5.09. The first-order valence-corrected chi connectivity index (χ1v) is 6.16. The second-order valence-corrected chi connectivity index (χ2v) is 4.04. The molecule has 0 heterocycles. The minimum absolute atomic E-state index is 0.823. The number of hydrogen-bond acceptors (Lipinski definition) is 4. The molecule has 2 aromatic rings. The van der Waals surface area contributed by atoms with E-state index in [0.29, 0.717) is 0 Å². The summed E-state index contributed by atoms with van der Waals surface area (Å²) in [5.41, 5.74) is 1.94. The highest BCUT2D eigenvalue weighted by molar-refractivity contribution is 5.82. The topological polar surface area (TPSA) is 43.2 Å². The van der Waals surface area contributed by atoms with Crippen molar-refractivity contribution in [2.75, 3.05) is 14.2 Å². The van der Waals surface area contributed by atoms with Gasteiger partial charge in [0.15, 0.2) is 0 Å². The molecule has 0 aliphatic rings. The Labute approximate surface area is 118 Å². The van der Waals surface area contributed by atoms with Gasteiger partial charge in [-0.15, -0.1) is 0 Å². The van der Waals surface area contributed by atoms with E-state index in [-0.39, 0.29) is 0 Å². The molecule has 2 rings (SSSR count). The molecule has 0 fully saturated rings. The normalized spacial score (nSPS) is 11.1. The van der Waals surface area contributed by atoms with Crippen LogP contribution in [0.15, 0.2) is 58.7 Å². The zero-order chi connectivity index (χ0) is 14.2. The maximum Gasteiger partial charge on any atom is 0.118 e. The van der Waals surface area contributed by atoms with Crippen molar-refractivity contribution in [2.45, 2.75) is 0 Å². The third-order valence-corrected chi connectivity index (χ3v) is 2.71. The third kappa shape index (κ3) is 3.95. The van der Waals surface area contributed by atoms with Crippen LogP contribution in [0.5, 0.6) is 11.5 Å². The van der Waals surface area contributed by atoms with E-state index in [1.807, 2.05) is 48.5 Å². The van der Waals surface area contributed by atoms with Gasteiger partial charge < -0.3 is 9.47 Å². The van der Waals surface area contributed by atoms with Crippen molar-refractivity contribution in [1.82, 2.24) is 0 Å². The van der Waals surface area contributed by atoms with Crippen LogP contribution >= 0.6 is 0 Å². The fraction of sp³-hybridized carbons (Fsp3) is 0.125. The molecule has 0 saturated heterocycles. The second kappa shape index (κ2) is 7.09. The number of benzene rings is 2. The lowest BCUT2D eigenvalue weighted by Crippen LogP contribution is -1.85. The number of nitrogens with zero attached hydrogens (tertiary/aromatic N) is 2. The molecule has 0 N–H and O–H groups in total. The predicted molar refractivity (Wildman–Crippen MR) is 81.2 cm³/mol. The van der Waals surface area contributed by atoms with Crippen LogP contribution in [-0.4, -0.2) is 26.6 Å². The van der Waals surface area contributed by atoms with Gasteiger partial charge in [0.05, 0.1) is 26.6 Å². The van der Waals surface area contributed by atoms with Crippen molar-refractivity contribution in [3.63, 3.8) is 0 Å². The molecule has 0 unspecified atom stereocenters. The van der Waals surface area contributed by atoms with Crippen LogP contribution in [0.25, 0.3) is 0 Å². The van der Waals surface area contributed by atoms with Crippen LogP contribution in [0.1, 0.15) is 11.1 Å². The second-order valence-electron chi connectivity index (χ2n) is 4.04. The molecular weight excluding hydrogens is 252 g/mol. The Hall–Kier alpha value is -2.62. The molecule has 4 heteroatoms. The molecule has 0 bridgehead atoms. The van der Waals surface area contributed by atoms with E-state index < -0.39 is 0 Å². The van der Waals surface area contributed by atoms with Gasteiger partial charge in [-0.25, -0.2) is 0 Å². The molecule has 0 aliphatic carbocycles. The van der Waals surface area contributed by atoms with E-state index in [0.717, 1.165) is 22.6 Å². The van der Waals surface area contributed by atoms with Crippen LogP contribution in [0.3, 0.4) is 0 Å². The third-order valence-electron chi connectivity index (χ3n) is 2.71. The minimum atomic E-state index is 0.823. The highest BCUT2D eigenvalue weighted by Gasteiger charge is 1.91. The number of hydrogen-bond donors (Lipinski definition) is 0. The average molecular weight is 268 g/mol. The van der Waals surface area contributed by atoms with Crippen molar-refractivity contribution >= 4 is 12.4 Å². The molecule has 0 aromatic heterocycles. The van der Waals surface area contributed by atoms with Crippen molar-refractivity contribution in [1.29, 1.82) is 0 Å². The Morgan fingerprint density at radius 2 is 1.00 bits per heavy atom. The highest BCUT2D eigenvalue weighted by atomic mass is 16.5. The lowest BCUT2D eigenvalue weighted by Gasteiger charge is -1.98. The van der Waals surface area contributed by atoms with Crippen LogP contribution < -0.4 is 9.47 Å². The summed E-state index contributed by atoms with van der Waals surface area (Å²) in [4.78, 5) is 0. The van der Waals surface area contributed by atoms with Gasteiger partial charge in [-0.2, -0.15) is 10.2 Å². The standard InChI is InChI=1S/C16H16N2O2/c1-19-15-7-3-13(4-8-15)11-17-18-12-14-5-9-16(20-2)10-6-14/h3-12H,1-2H3. The summed E-state index contributed by atoms with van der Waals surface area (Å²) in [6.07, 6.45) is 3.39. The minimum Gasteiger partial charge on any atom is -0.497 e. The van der Waals surface area contributed by atoms with Gasteiger partial charge >= 0.3 is 0 Å². The quantitative estimate of drug-likeness (QED) is 0.617. The van der Waals surface area contributed by atoms with E-state index in [9.17, 15) is 0 Å². The molecule has 2 aromatic carbocycles. The molecule has 0 amide bonds. The van der Waals surface area contributed by atoms with Gasteiger partial charge in [0.1, 0.15) is 11.5 Å². The zero-order valence-electron chi connectivity index (χ0n) is 11.5. The van der Waals surface area contributed by atoms with Crippen molar-refractivity contribution < 1.29 is 9.47 Å². The summed E-state index contributed by atoms with van der Waals surface area (Å²) < 4.78 is 10.2. The maximum atomic E-state index is 5.09. The van der Waals surface area contributed by atoms with E-state index in [2.05, 4.69) is 10.2 Å². The monoisotopic (exact) mass is 268 g/mol. The first-order valence-electron chi connectivity index (χ1n) is 6.16. The van der Waals surface area contributed by atoms with Crippen LogP contribution in [0, 0.1) is 0 Å². The lowest BCUT2D eigenvalue weighted by molar-refractivity contribution is 0.414. The van der Waals surface area contributed by atoms with Gasteiger partial charge in [-0.1, -0.05) is 0 Å². The molecule has 0 radical (unpaired) electrons. The van der Waals surface area contributed by atoms with Gasteiger partial charge in [-0.3, -0.25) is 0 Å². The number of rotatable bonds is 5. The first kappa shape index (κ1) is 13.8. The smallest absolute Gasteiger partial charge is 0.118 e. The molecule has 0 saturated carbocycles. The molecule has 4 nitrogen and oxygen atoms in total. The number of methoxy groups -OCH3 is 2. The van der Waals surface area contributed by atoms with Crippen LogP contribution in [0.2, 0.25) is 0 Å². The van der Waals surface area contributed by atoms with E-state index >= 15 is 0 Å². The van der Waals surface area contributed by atoms with Crippen molar-refractivity contribution in [3.8, 4) is 11.5 Å². The van der Waals surface area contributed by atoms with Gasteiger partial charge in [0.2, 0.25) is 0 Å². The summed E-state index contributed by atoms with van der Waals surface area (Å²) in [6, 6.07) is 15.2. The van der Waals surface area contributed by atoms with E-state index in [1.165, 1.54) is 0 Å². The molecule has 0 aliphatic heterocycles.